The molecule has 170 valence electrons. The van der Waals surface area contributed by atoms with Crippen LogP contribution in [0.15, 0.2) is 42.5 Å². The van der Waals surface area contributed by atoms with E-state index in [1.165, 1.54) is 7.11 Å². The molecule has 1 fully saturated rings. The van der Waals surface area contributed by atoms with Crippen molar-refractivity contribution in [2.45, 2.75) is 6.92 Å². The molecule has 0 unspecified atom stereocenters. The van der Waals surface area contributed by atoms with Crippen LogP contribution in [0.4, 0.5) is 11.4 Å². The Kier molecular flexibility index (Phi) is 8.21. The molecule has 0 bridgehead atoms. The van der Waals surface area contributed by atoms with Crippen molar-refractivity contribution >= 4 is 40.8 Å². The maximum absolute atomic E-state index is 12.5. The maximum Gasteiger partial charge on any atom is 0.337 e. The van der Waals surface area contributed by atoms with Crippen molar-refractivity contribution in [3.63, 3.8) is 0 Å². The van der Waals surface area contributed by atoms with Crippen molar-refractivity contribution in [1.29, 1.82) is 0 Å². The third-order valence-electron chi connectivity index (χ3n) is 5.26. The van der Waals surface area contributed by atoms with Crippen LogP contribution < -0.4 is 10.6 Å². The summed E-state index contributed by atoms with van der Waals surface area (Å²) in [6, 6.07) is 12.0. The standard InChI is InChI=1S/C23H27ClN4O4/c1-16-3-4-17(23(31)32-2)13-20(16)26-22(30)15-28-11-9-27(10-12-28)14-21(29)25-19-7-5-18(24)6-8-19/h3-8,13H,9-12,14-15H2,1-2H3,(H,25,29)(H,26,30). The van der Waals surface area contributed by atoms with Gasteiger partial charge in [0.1, 0.15) is 0 Å². The van der Waals surface area contributed by atoms with Crippen LogP contribution in [0.2, 0.25) is 5.02 Å². The van der Waals surface area contributed by atoms with Crippen LogP contribution in [0.3, 0.4) is 0 Å². The lowest BCUT2D eigenvalue weighted by Crippen LogP contribution is -2.50. The summed E-state index contributed by atoms with van der Waals surface area (Å²) in [4.78, 5) is 40.6. The molecule has 0 aromatic heterocycles. The average Bonchev–Trinajstić information content (AvgIpc) is 2.77. The smallest absolute Gasteiger partial charge is 0.337 e. The van der Waals surface area contributed by atoms with E-state index < -0.39 is 5.97 Å². The molecule has 0 radical (unpaired) electrons. The topological polar surface area (TPSA) is 91.0 Å². The molecule has 8 nitrogen and oxygen atoms in total. The number of nitrogens with one attached hydrogen (secondary N) is 2. The number of piperazine rings is 1. The molecule has 1 aliphatic rings. The zero-order valence-corrected chi connectivity index (χ0v) is 18.9. The Bertz CT molecular complexity index is 972. The van der Waals surface area contributed by atoms with Gasteiger partial charge in [-0.25, -0.2) is 4.79 Å². The molecular weight excluding hydrogens is 432 g/mol. The van der Waals surface area contributed by atoms with Gasteiger partial charge < -0.3 is 15.4 Å². The Balaban J connectivity index is 1.43. The number of anilines is 2. The summed E-state index contributed by atoms with van der Waals surface area (Å²) >= 11 is 5.86. The molecule has 0 aliphatic carbocycles. The van der Waals surface area contributed by atoms with Crippen LogP contribution in [-0.2, 0) is 14.3 Å². The van der Waals surface area contributed by atoms with Gasteiger partial charge in [0.15, 0.2) is 0 Å². The lowest BCUT2D eigenvalue weighted by molar-refractivity contribution is -0.120. The van der Waals surface area contributed by atoms with Gasteiger partial charge in [-0.05, 0) is 48.9 Å². The van der Waals surface area contributed by atoms with Crippen LogP contribution in [0.5, 0.6) is 0 Å². The number of esters is 1. The first kappa shape index (κ1) is 23.7. The van der Waals surface area contributed by atoms with Crippen molar-refractivity contribution in [1.82, 2.24) is 9.80 Å². The van der Waals surface area contributed by atoms with Crippen molar-refractivity contribution in [2.24, 2.45) is 0 Å². The van der Waals surface area contributed by atoms with E-state index in [9.17, 15) is 14.4 Å². The van der Waals surface area contributed by atoms with Gasteiger partial charge in [-0.15, -0.1) is 0 Å². The largest absolute Gasteiger partial charge is 0.465 e. The van der Waals surface area contributed by atoms with Gasteiger partial charge in [0.2, 0.25) is 11.8 Å². The van der Waals surface area contributed by atoms with Crippen LogP contribution in [0, 0.1) is 6.92 Å². The predicted molar refractivity (Wildman–Crippen MR) is 124 cm³/mol. The fourth-order valence-corrected chi connectivity index (χ4v) is 3.56. The summed E-state index contributed by atoms with van der Waals surface area (Å²) in [5, 5.41) is 6.36. The molecule has 9 heteroatoms. The normalized spacial score (nSPS) is 14.6. The van der Waals surface area contributed by atoms with Gasteiger partial charge in [-0.3, -0.25) is 19.4 Å². The number of hydrogen-bond acceptors (Lipinski definition) is 6. The molecule has 0 atom stereocenters. The lowest BCUT2D eigenvalue weighted by atomic mass is 10.1. The highest BCUT2D eigenvalue weighted by atomic mass is 35.5. The molecule has 0 saturated carbocycles. The van der Waals surface area contributed by atoms with Crippen molar-refractivity contribution < 1.29 is 19.1 Å². The Hall–Kier alpha value is -2.94. The highest BCUT2D eigenvalue weighted by molar-refractivity contribution is 6.30. The highest BCUT2D eigenvalue weighted by Gasteiger charge is 2.21. The van der Waals surface area contributed by atoms with E-state index in [0.717, 1.165) is 5.56 Å². The summed E-state index contributed by atoms with van der Waals surface area (Å²) in [5.41, 5.74) is 2.55. The van der Waals surface area contributed by atoms with Crippen LogP contribution in [0.25, 0.3) is 0 Å². The average molecular weight is 459 g/mol. The Morgan fingerprint density at radius 3 is 2.03 bits per heavy atom. The number of ether oxygens (including phenoxy) is 1. The number of carbonyl (C=O) groups is 3. The number of methoxy groups -OCH3 is 1. The second-order valence-corrected chi connectivity index (χ2v) is 8.11. The molecule has 2 amide bonds. The van der Waals surface area contributed by atoms with Gasteiger partial charge in [0.05, 0.1) is 25.8 Å². The monoisotopic (exact) mass is 458 g/mol. The van der Waals surface area contributed by atoms with Crippen molar-refractivity contribution in [2.75, 3.05) is 57.0 Å². The van der Waals surface area contributed by atoms with Crippen LogP contribution in [0.1, 0.15) is 15.9 Å². The Morgan fingerprint density at radius 1 is 0.906 bits per heavy atom. The molecule has 1 saturated heterocycles. The molecule has 32 heavy (non-hydrogen) atoms. The first-order chi connectivity index (χ1) is 15.3. The van der Waals surface area contributed by atoms with Crippen molar-refractivity contribution in [3.8, 4) is 0 Å². The SMILES string of the molecule is COC(=O)c1ccc(C)c(NC(=O)CN2CCN(CC(=O)Nc3ccc(Cl)cc3)CC2)c1. The second-order valence-electron chi connectivity index (χ2n) is 7.68. The molecule has 0 spiro atoms. The van der Waals surface area contributed by atoms with Gasteiger partial charge in [0.25, 0.3) is 0 Å². The third-order valence-corrected chi connectivity index (χ3v) is 5.51. The molecule has 2 aromatic carbocycles. The lowest BCUT2D eigenvalue weighted by Gasteiger charge is -2.33. The number of rotatable bonds is 7. The minimum atomic E-state index is -0.447. The van der Waals surface area contributed by atoms with E-state index in [0.29, 0.717) is 54.7 Å². The van der Waals surface area contributed by atoms with E-state index in [2.05, 4.69) is 15.5 Å². The van der Waals surface area contributed by atoms with E-state index in [-0.39, 0.29) is 18.4 Å². The zero-order valence-electron chi connectivity index (χ0n) is 18.2. The van der Waals surface area contributed by atoms with E-state index in [1.807, 2.05) is 11.8 Å². The van der Waals surface area contributed by atoms with E-state index in [4.69, 9.17) is 16.3 Å². The minimum absolute atomic E-state index is 0.0838. The molecule has 2 aromatic rings. The zero-order chi connectivity index (χ0) is 23.1. The number of aryl methyl sites for hydroxylation is 1. The molecule has 1 aliphatic heterocycles. The fraction of sp³-hybridized carbons (Fsp3) is 0.348. The highest BCUT2D eigenvalue weighted by Crippen LogP contribution is 2.18. The molecule has 3 rings (SSSR count). The third kappa shape index (κ3) is 6.78. The summed E-state index contributed by atoms with van der Waals surface area (Å²) in [6.07, 6.45) is 0. The van der Waals surface area contributed by atoms with Crippen LogP contribution in [-0.4, -0.2) is 74.0 Å². The number of nitrogens with zero attached hydrogens (tertiary/aromatic N) is 2. The van der Waals surface area contributed by atoms with Crippen LogP contribution >= 0.6 is 11.6 Å². The van der Waals surface area contributed by atoms with E-state index >= 15 is 0 Å². The second kappa shape index (κ2) is 11.1. The van der Waals surface area contributed by atoms with E-state index in [1.54, 1.807) is 42.5 Å². The summed E-state index contributed by atoms with van der Waals surface area (Å²) in [5.74, 6) is -0.680. The first-order valence-corrected chi connectivity index (χ1v) is 10.7. The summed E-state index contributed by atoms with van der Waals surface area (Å²) in [7, 11) is 1.32. The predicted octanol–water partition coefficient (Wildman–Crippen LogP) is 2.63. The number of carbonyl (C=O) groups excluding carboxylic acids is 3. The summed E-state index contributed by atoms with van der Waals surface area (Å²) in [6.45, 7) is 5.15. The number of hydrogen-bond donors (Lipinski definition) is 2. The summed E-state index contributed by atoms with van der Waals surface area (Å²) < 4.78 is 4.73. The van der Waals surface area contributed by atoms with Gasteiger partial charge in [-0.1, -0.05) is 17.7 Å². The number of benzene rings is 2. The molecular formula is C23H27ClN4O4. The Labute approximate surface area is 192 Å². The number of amides is 2. The Morgan fingerprint density at radius 2 is 1.47 bits per heavy atom. The first-order valence-electron chi connectivity index (χ1n) is 10.3. The molecule has 2 N–H and O–H groups in total. The minimum Gasteiger partial charge on any atom is -0.465 e. The van der Waals surface area contributed by atoms with Gasteiger partial charge in [-0.2, -0.15) is 0 Å². The quantitative estimate of drug-likeness (QED) is 0.620. The van der Waals surface area contributed by atoms with Gasteiger partial charge >= 0.3 is 5.97 Å². The van der Waals surface area contributed by atoms with Crippen molar-refractivity contribution in [3.05, 3.63) is 58.6 Å². The molecule has 1 heterocycles. The number of halogens is 1. The maximum atomic E-state index is 12.5. The van der Waals surface area contributed by atoms with Gasteiger partial charge in [0, 0.05) is 42.6 Å². The fourth-order valence-electron chi connectivity index (χ4n) is 3.44.